The van der Waals surface area contributed by atoms with E-state index < -0.39 is 21.3 Å². The maximum atomic E-state index is 13.0. The SMILES string of the molecule is Cc1ccc(S(=O)(=O)Oc2ccccc2/C=C2\SC(=O)N(Cc3c(Cl)cccc3Cl)C2=O)cc1. The molecule has 0 atom stereocenters. The number of benzene rings is 3. The van der Waals surface area contributed by atoms with Crippen LogP contribution in [0.15, 0.2) is 76.5 Å². The van der Waals surface area contributed by atoms with Crippen molar-refractivity contribution in [3.63, 3.8) is 0 Å². The molecule has 4 rings (SSSR count). The molecule has 0 saturated carbocycles. The maximum absolute atomic E-state index is 13.0. The van der Waals surface area contributed by atoms with Crippen LogP contribution in [-0.4, -0.2) is 24.5 Å². The molecule has 1 heterocycles. The fourth-order valence-corrected chi connectivity index (χ4v) is 5.47. The van der Waals surface area contributed by atoms with Gasteiger partial charge in [0.2, 0.25) is 0 Å². The minimum absolute atomic E-state index is 0.00449. The molecule has 0 N–H and O–H groups in total. The molecule has 3 aromatic rings. The predicted molar refractivity (Wildman–Crippen MR) is 133 cm³/mol. The molecule has 1 saturated heterocycles. The van der Waals surface area contributed by atoms with Gasteiger partial charge in [-0.2, -0.15) is 8.42 Å². The summed E-state index contributed by atoms with van der Waals surface area (Å²) in [7, 11) is -4.10. The van der Waals surface area contributed by atoms with E-state index in [1.54, 1.807) is 48.5 Å². The lowest BCUT2D eigenvalue weighted by Gasteiger charge is -2.14. The van der Waals surface area contributed by atoms with E-state index in [1.807, 2.05) is 6.92 Å². The molecule has 0 unspecified atom stereocenters. The summed E-state index contributed by atoms with van der Waals surface area (Å²) < 4.78 is 30.8. The number of halogens is 2. The van der Waals surface area contributed by atoms with Gasteiger partial charge in [0, 0.05) is 21.2 Å². The summed E-state index contributed by atoms with van der Waals surface area (Å²) in [6.07, 6.45) is 1.43. The molecule has 0 aliphatic carbocycles. The van der Waals surface area contributed by atoms with E-state index in [1.165, 1.54) is 24.3 Å². The monoisotopic (exact) mass is 533 g/mol. The smallest absolute Gasteiger partial charge is 0.339 e. The highest BCUT2D eigenvalue weighted by Gasteiger charge is 2.36. The predicted octanol–water partition coefficient (Wildman–Crippen LogP) is 6.31. The summed E-state index contributed by atoms with van der Waals surface area (Å²) in [5, 5.41) is 0.198. The van der Waals surface area contributed by atoms with Gasteiger partial charge in [0.05, 0.1) is 11.4 Å². The van der Waals surface area contributed by atoms with Crippen molar-refractivity contribution in [3.05, 3.63) is 98.4 Å². The highest BCUT2D eigenvalue weighted by molar-refractivity contribution is 8.18. The highest BCUT2D eigenvalue weighted by Crippen LogP contribution is 2.37. The van der Waals surface area contributed by atoms with E-state index >= 15 is 0 Å². The average molecular weight is 534 g/mol. The Morgan fingerprint density at radius 2 is 1.59 bits per heavy atom. The number of imide groups is 1. The van der Waals surface area contributed by atoms with Gasteiger partial charge in [-0.25, -0.2) is 0 Å². The van der Waals surface area contributed by atoms with Gasteiger partial charge in [-0.3, -0.25) is 14.5 Å². The number of nitrogens with zero attached hydrogens (tertiary/aromatic N) is 1. The summed E-state index contributed by atoms with van der Waals surface area (Å²) in [6.45, 7) is 1.76. The Balaban J connectivity index is 1.61. The highest BCUT2D eigenvalue weighted by atomic mass is 35.5. The first-order valence-corrected chi connectivity index (χ1v) is 12.9. The van der Waals surface area contributed by atoms with Crippen LogP contribution in [0.5, 0.6) is 5.75 Å². The van der Waals surface area contributed by atoms with Gasteiger partial charge in [0.15, 0.2) is 0 Å². The molecule has 0 radical (unpaired) electrons. The summed E-state index contributed by atoms with van der Waals surface area (Å²) in [5.74, 6) is -0.508. The Labute approximate surface area is 211 Å². The number of hydrogen-bond acceptors (Lipinski definition) is 6. The average Bonchev–Trinajstić information content (AvgIpc) is 3.05. The molecule has 1 aliphatic heterocycles. The lowest BCUT2D eigenvalue weighted by atomic mass is 10.1. The lowest BCUT2D eigenvalue weighted by molar-refractivity contribution is -0.123. The van der Waals surface area contributed by atoms with Crippen LogP contribution in [0.1, 0.15) is 16.7 Å². The molecule has 3 aromatic carbocycles. The van der Waals surface area contributed by atoms with Crippen molar-refractivity contribution in [1.29, 1.82) is 0 Å². The van der Waals surface area contributed by atoms with Crippen LogP contribution in [0.4, 0.5) is 4.79 Å². The maximum Gasteiger partial charge on any atom is 0.339 e. The number of para-hydroxylation sites is 1. The molecule has 0 bridgehead atoms. The van der Waals surface area contributed by atoms with Crippen LogP contribution in [0.3, 0.4) is 0 Å². The zero-order valence-electron chi connectivity index (χ0n) is 17.7. The van der Waals surface area contributed by atoms with E-state index in [2.05, 4.69) is 0 Å². The summed E-state index contributed by atoms with van der Waals surface area (Å²) >= 11 is 13.1. The number of hydrogen-bond donors (Lipinski definition) is 0. The summed E-state index contributed by atoms with van der Waals surface area (Å²) in [5.41, 5.74) is 1.70. The fourth-order valence-electron chi connectivity index (χ4n) is 3.17. The Morgan fingerprint density at radius 3 is 2.26 bits per heavy atom. The van der Waals surface area contributed by atoms with Crippen molar-refractivity contribution in [2.24, 2.45) is 0 Å². The zero-order chi connectivity index (χ0) is 24.5. The van der Waals surface area contributed by atoms with Gasteiger partial charge in [-0.05, 0) is 55.1 Å². The molecule has 174 valence electrons. The van der Waals surface area contributed by atoms with Gasteiger partial charge in [0.25, 0.3) is 11.1 Å². The molecule has 2 amide bonds. The van der Waals surface area contributed by atoms with Crippen molar-refractivity contribution in [2.45, 2.75) is 18.4 Å². The number of amides is 2. The number of thioether (sulfide) groups is 1. The molecular formula is C24H17Cl2NO5S2. The number of carbonyl (C=O) groups excluding carboxylic acids is 2. The molecular weight excluding hydrogens is 517 g/mol. The van der Waals surface area contributed by atoms with Crippen molar-refractivity contribution in [3.8, 4) is 5.75 Å². The zero-order valence-corrected chi connectivity index (χ0v) is 20.8. The topological polar surface area (TPSA) is 80.8 Å². The standard InChI is InChI=1S/C24H17Cl2NO5S2/c1-15-9-11-17(12-10-15)34(30,31)32-21-8-3-2-5-16(21)13-22-23(28)27(24(29)33-22)14-18-19(25)6-4-7-20(18)26/h2-13H,14H2,1H3/b22-13-. The van der Waals surface area contributed by atoms with E-state index in [0.29, 0.717) is 21.2 Å². The van der Waals surface area contributed by atoms with Crippen LogP contribution < -0.4 is 4.18 Å². The number of carbonyl (C=O) groups is 2. The normalized spacial score (nSPS) is 15.3. The van der Waals surface area contributed by atoms with E-state index in [-0.39, 0.29) is 22.1 Å². The van der Waals surface area contributed by atoms with E-state index in [4.69, 9.17) is 27.4 Å². The Morgan fingerprint density at radius 1 is 0.941 bits per heavy atom. The minimum atomic E-state index is -4.10. The van der Waals surface area contributed by atoms with Crippen LogP contribution >= 0.6 is 35.0 Å². The number of rotatable bonds is 6. The minimum Gasteiger partial charge on any atom is -0.378 e. The lowest BCUT2D eigenvalue weighted by Crippen LogP contribution is -2.27. The quantitative estimate of drug-likeness (QED) is 0.273. The third-order valence-electron chi connectivity index (χ3n) is 4.97. The van der Waals surface area contributed by atoms with Gasteiger partial charge < -0.3 is 4.18 Å². The second-order valence-corrected chi connectivity index (χ2v) is 10.7. The van der Waals surface area contributed by atoms with Crippen molar-refractivity contribution in [1.82, 2.24) is 4.90 Å². The van der Waals surface area contributed by atoms with Crippen molar-refractivity contribution >= 4 is 62.3 Å². The second kappa shape index (κ2) is 9.84. The Hall–Kier alpha value is -2.78. The van der Waals surface area contributed by atoms with Gasteiger partial charge in [-0.1, -0.05) is 65.2 Å². The summed E-state index contributed by atoms with van der Waals surface area (Å²) in [4.78, 5) is 26.7. The van der Waals surface area contributed by atoms with Gasteiger partial charge in [0.1, 0.15) is 10.6 Å². The molecule has 1 fully saturated rings. The molecule has 0 spiro atoms. The Kier molecular flexibility index (Phi) is 7.04. The van der Waals surface area contributed by atoms with Crippen LogP contribution in [-0.2, 0) is 21.5 Å². The second-order valence-electron chi connectivity index (χ2n) is 7.36. The largest absolute Gasteiger partial charge is 0.378 e. The fraction of sp³-hybridized carbons (Fsp3) is 0.0833. The Bertz CT molecular complexity index is 1400. The van der Waals surface area contributed by atoms with Gasteiger partial charge in [-0.15, -0.1) is 0 Å². The first-order chi connectivity index (χ1) is 16.2. The third-order valence-corrected chi connectivity index (χ3v) is 7.83. The summed E-state index contributed by atoms with van der Waals surface area (Å²) in [6, 6.07) is 17.5. The van der Waals surface area contributed by atoms with Crippen molar-refractivity contribution < 1.29 is 22.2 Å². The molecule has 34 heavy (non-hydrogen) atoms. The van der Waals surface area contributed by atoms with Crippen LogP contribution in [0, 0.1) is 6.92 Å². The van der Waals surface area contributed by atoms with E-state index in [9.17, 15) is 18.0 Å². The van der Waals surface area contributed by atoms with Crippen molar-refractivity contribution in [2.75, 3.05) is 0 Å². The van der Waals surface area contributed by atoms with Crippen LogP contribution in [0.25, 0.3) is 6.08 Å². The molecule has 0 aromatic heterocycles. The van der Waals surface area contributed by atoms with E-state index in [0.717, 1.165) is 22.2 Å². The molecule has 1 aliphatic rings. The molecule has 6 nitrogen and oxygen atoms in total. The molecule has 10 heteroatoms. The first-order valence-electron chi connectivity index (χ1n) is 9.94. The number of aryl methyl sites for hydroxylation is 1. The van der Waals surface area contributed by atoms with Crippen LogP contribution in [0.2, 0.25) is 10.0 Å². The van der Waals surface area contributed by atoms with Gasteiger partial charge >= 0.3 is 10.1 Å². The third kappa shape index (κ3) is 5.15. The first kappa shape index (κ1) is 24.3.